The molecule has 1 atom stereocenters. The molecule has 1 aliphatic rings. The molecule has 1 unspecified atom stereocenters. The lowest BCUT2D eigenvalue weighted by Gasteiger charge is -2.43. The number of hydrogen-bond acceptors (Lipinski definition) is 4. The summed E-state index contributed by atoms with van der Waals surface area (Å²) in [4.78, 5) is 21.0. The van der Waals surface area contributed by atoms with Gasteiger partial charge >= 0.3 is 0 Å². The van der Waals surface area contributed by atoms with Crippen LogP contribution in [0.25, 0.3) is 11.1 Å². The Morgan fingerprint density at radius 1 is 1.13 bits per heavy atom. The van der Waals surface area contributed by atoms with E-state index in [1.165, 1.54) is 5.56 Å². The molecule has 0 saturated carbocycles. The number of nitrogens with zero attached hydrogens (tertiary/aromatic N) is 3. The number of carbonyl (C=O) groups is 1. The fraction of sp³-hybridized carbons (Fsp3) is 0.280. The van der Waals surface area contributed by atoms with Gasteiger partial charge in [-0.2, -0.15) is 0 Å². The third-order valence-corrected chi connectivity index (χ3v) is 5.71. The fourth-order valence-electron chi connectivity index (χ4n) is 4.25. The van der Waals surface area contributed by atoms with Gasteiger partial charge in [-0.1, -0.05) is 43.3 Å². The van der Waals surface area contributed by atoms with Gasteiger partial charge in [-0.3, -0.25) is 9.78 Å². The van der Waals surface area contributed by atoms with Crippen molar-refractivity contribution >= 4 is 17.3 Å². The number of aromatic nitrogens is 1. The van der Waals surface area contributed by atoms with Crippen molar-refractivity contribution in [1.29, 1.82) is 0 Å². The molecule has 0 bridgehead atoms. The smallest absolute Gasteiger partial charge is 0.224 e. The zero-order valence-electron chi connectivity index (χ0n) is 17.7. The van der Waals surface area contributed by atoms with Crippen molar-refractivity contribution in [2.24, 2.45) is 0 Å². The summed E-state index contributed by atoms with van der Waals surface area (Å²) in [5.41, 5.74) is 5.32. The highest BCUT2D eigenvalue weighted by atomic mass is 16.5. The van der Waals surface area contributed by atoms with Gasteiger partial charge in [0.1, 0.15) is 5.75 Å². The van der Waals surface area contributed by atoms with Crippen molar-refractivity contribution < 1.29 is 9.53 Å². The minimum absolute atomic E-state index is 0.0803. The number of pyridine rings is 1. The monoisotopic (exact) mass is 401 g/mol. The van der Waals surface area contributed by atoms with Gasteiger partial charge in [0, 0.05) is 31.8 Å². The second-order valence-corrected chi connectivity index (χ2v) is 7.60. The summed E-state index contributed by atoms with van der Waals surface area (Å²) < 4.78 is 5.52. The Morgan fingerprint density at radius 3 is 2.63 bits per heavy atom. The minimum atomic E-state index is 0.0803. The van der Waals surface area contributed by atoms with Crippen LogP contribution in [0, 0.1) is 0 Å². The van der Waals surface area contributed by atoms with E-state index >= 15 is 0 Å². The molecule has 1 aromatic heterocycles. The van der Waals surface area contributed by atoms with E-state index in [0.717, 1.165) is 47.8 Å². The lowest BCUT2D eigenvalue weighted by atomic mass is 9.99. The van der Waals surface area contributed by atoms with Gasteiger partial charge in [0.2, 0.25) is 5.91 Å². The van der Waals surface area contributed by atoms with Crippen LogP contribution in [0.15, 0.2) is 67.0 Å². The summed E-state index contributed by atoms with van der Waals surface area (Å²) in [5, 5.41) is 0. The fourth-order valence-corrected chi connectivity index (χ4v) is 4.25. The number of anilines is 2. The Bertz CT molecular complexity index is 1040. The molecule has 30 heavy (non-hydrogen) atoms. The maximum absolute atomic E-state index is 12.5. The van der Waals surface area contributed by atoms with Crippen LogP contribution >= 0.6 is 0 Å². The lowest BCUT2D eigenvalue weighted by molar-refractivity contribution is -0.117. The van der Waals surface area contributed by atoms with Gasteiger partial charge in [-0.15, -0.1) is 0 Å². The highest BCUT2D eigenvalue weighted by Crippen LogP contribution is 2.41. The molecule has 0 radical (unpaired) electrons. The van der Waals surface area contributed by atoms with E-state index in [0.29, 0.717) is 0 Å². The first-order valence-electron chi connectivity index (χ1n) is 10.3. The van der Waals surface area contributed by atoms with Crippen LogP contribution in [0.1, 0.15) is 25.8 Å². The average molecular weight is 402 g/mol. The Kier molecular flexibility index (Phi) is 5.70. The van der Waals surface area contributed by atoms with Gasteiger partial charge in [-0.05, 0) is 35.7 Å². The number of fused-ring (bicyclic) bond motifs is 1. The molecule has 0 aliphatic carbocycles. The Hall–Kier alpha value is -3.34. The van der Waals surface area contributed by atoms with Crippen LogP contribution < -0.4 is 14.5 Å². The molecule has 5 nitrogen and oxygen atoms in total. The molecule has 1 amide bonds. The van der Waals surface area contributed by atoms with Crippen LogP contribution in [0.3, 0.4) is 0 Å². The quantitative estimate of drug-likeness (QED) is 0.609. The highest BCUT2D eigenvalue weighted by Gasteiger charge is 2.32. The van der Waals surface area contributed by atoms with E-state index in [2.05, 4.69) is 59.3 Å². The van der Waals surface area contributed by atoms with Crippen LogP contribution in [0.2, 0.25) is 0 Å². The van der Waals surface area contributed by atoms with Gasteiger partial charge in [0.25, 0.3) is 0 Å². The third kappa shape index (κ3) is 3.75. The summed E-state index contributed by atoms with van der Waals surface area (Å²) in [7, 11) is 1.66. The molecule has 154 valence electrons. The first-order valence-corrected chi connectivity index (χ1v) is 10.3. The van der Waals surface area contributed by atoms with E-state index in [9.17, 15) is 4.79 Å². The van der Waals surface area contributed by atoms with Crippen molar-refractivity contribution in [3.05, 3.63) is 72.6 Å². The zero-order chi connectivity index (χ0) is 21.1. The minimum Gasteiger partial charge on any atom is -0.494 e. The molecule has 0 saturated heterocycles. The summed E-state index contributed by atoms with van der Waals surface area (Å²) in [5.74, 6) is 0.814. The number of amides is 1. The van der Waals surface area contributed by atoms with E-state index in [-0.39, 0.29) is 11.9 Å². The highest BCUT2D eigenvalue weighted by molar-refractivity contribution is 5.98. The van der Waals surface area contributed by atoms with Crippen molar-refractivity contribution in [3.8, 4) is 16.9 Å². The van der Waals surface area contributed by atoms with Crippen LogP contribution in [-0.4, -0.2) is 30.6 Å². The standard InChI is InChI=1S/C25H27N3O2/c1-4-21-17-27(16-19-8-6-5-7-9-19)24-14-20(10-11-23(24)28(21)18(2)29)22-12-13-26-15-25(22)30-3/h5-15,21H,4,16-17H2,1-3H3. The molecular weight excluding hydrogens is 374 g/mol. The van der Waals surface area contributed by atoms with E-state index in [1.807, 2.05) is 17.0 Å². The zero-order valence-corrected chi connectivity index (χ0v) is 17.7. The first kappa shape index (κ1) is 20.0. The third-order valence-electron chi connectivity index (χ3n) is 5.71. The Morgan fingerprint density at radius 2 is 1.93 bits per heavy atom. The molecule has 3 aromatic rings. The molecule has 0 N–H and O–H groups in total. The summed E-state index contributed by atoms with van der Waals surface area (Å²) in [6, 6.07) is 18.9. The predicted molar refractivity (Wildman–Crippen MR) is 121 cm³/mol. The molecule has 5 heteroatoms. The molecular formula is C25H27N3O2. The lowest BCUT2D eigenvalue weighted by Crippen LogP contribution is -2.50. The van der Waals surface area contributed by atoms with E-state index in [1.54, 1.807) is 26.4 Å². The van der Waals surface area contributed by atoms with Crippen molar-refractivity contribution in [2.75, 3.05) is 23.5 Å². The number of rotatable bonds is 5. The predicted octanol–water partition coefficient (Wildman–Crippen LogP) is 4.91. The van der Waals surface area contributed by atoms with Crippen molar-refractivity contribution in [3.63, 3.8) is 0 Å². The summed E-state index contributed by atoms with van der Waals surface area (Å²) >= 11 is 0. The van der Waals surface area contributed by atoms with E-state index < -0.39 is 0 Å². The van der Waals surface area contributed by atoms with Crippen molar-refractivity contribution in [1.82, 2.24) is 4.98 Å². The second-order valence-electron chi connectivity index (χ2n) is 7.60. The van der Waals surface area contributed by atoms with Crippen molar-refractivity contribution in [2.45, 2.75) is 32.9 Å². The SMILES string of the molecule is CCC1CN(Cc2ccccc2)c2cc(-c3ccncc3OC)ccc2N1C(C)=O. The number of methoxy groups -OCH3 is 1. The molecule has 0 fully saturated rings. The molecule has 2 heterocycles. The van der Waals surface area contributed by atoms with E-state index in [4.69, 9.17) is 4.74 Å². The van der Waals surface area contributed by atoms with Crippen LogP contribution in [-0.2, 0) is 11.3 Å². The second kappa shape index (κ2) is 8.57. The van der Waals surface area contributed by atoms with Crippen LogP contribution in [0.5, 0.6) is 5.75 Å². The first-order chi connectivity index (χ1) is 14.6. The summed E-state index contributed by atoms with van der Waals surface area (Å²) in [6.07, 6.45) is 4.41. The summed E-state index contributed by atoms with van der Waals surface area (Å²) in [6.45, 7) is 5.39. The largest absolute Gasteiger partial charge is 0.494 e. The van der Waals surface area contributed by atoms with Crippen LogP contribution in [0.4, 0.5) is 11.4 Å². The maximum Gasteiger partial charge on any atom is 0.224 e. The normalized spacial score (nSPS) is 15.6. The Balaban J connectivity index is 1.82. The number of carbonyl (C=O) groups excluding carboxylic acids is 1. The molecule has 4 rings (SSSR count). The van der Waals surface area contributed by atoms with Gasteiger partial charge in [0.05, 0.1) is 30.7 Å². The molecule has 1 aliphatic heterocycles. The van der Waals surface area contributed by atoms with Gasteiger partial charge in [-0.25, -0.2) is 0 Å². The number of benzene rings is 2. The topological polar surface area (TPSA) is 45.7 Å². The Labute approximate surface area is 177 Å². The number of ether oxygens (including phenoxy) is 1. The van der Waals surface area contributed by atoms with Gasteiger partial charge < -0.3 is 14.5 Å². The maximum atomic E-state index is 12.5. The molecule has 0 spiro atoms. The number of hydrogen-bond donors (Lipinski definition) is 0. The average Bonchev–Trinajstić information content (AvgIpc) is 2.78. The van der Waals surface area contributed by atoms with Gasteiger partial charge in [0.15, 0.2) is 0 Å². The molecule has 2 aromatic carbocycles.